The lowest BCUT2D eigenvalue weighted by Gasteiger charge is -2.49. The van der Waals surface area contributed by atoms with Crippen molar-refractivity contribution >= 4 is 0 Å². The third kappa shape index (κ3) is 3.01. The van der Waals surface area contributed by atoms with E-state index in [1.165, 1.54) is 19.4 Å². The van der Waals surface area contributed by atoms with Gasteiger partial charge in [-0.15, -0.1) is 0 Å². The van der Waals surface area contributed by atoms with Gasteiger partial charge in [0.25, 0.3) is 0 Å². The third-order valence-corrected chi connectivity index (χ3v) is 4.40. The quantitative estimate of drug-likeness (QED) is 0.799. The lowest BCUT2D eigenvalue weighted by Crippen LogP contribution is -2.60. The van der Waals surface area contributed by atoms with E-state index in [4.69, 9.17) is 10.5 Å². The average Bonchev–Trinajstić information content (AvgIpc) is 3.09. The second-order valence-electron chi connectivity index (χ2n) is 6.25. The molecule has 100 valence electrons. The number of nitrogens with zero attached hydrogens (tertiary/aromatic N) is 1. The molecule has 2 rings (SSSR count). The summed E-state index contributed by atoms with van der Waals surface area (Å²) in [5.41, 5.74) is 6.33. The topological polar surface area (TPSA) is 38.5 Å². The molecule has 17 heavy (non-hydrogen) atoms. The first-order valence-corrected chi connectivity index (χ1v) is 7.16. The van der Waals surface area contributed by atoms with Crippen molar-refractivity contribution in [3.63, 3.8) is 0 Å². The second kappa shape index (κ2) is 5.25. The Morgan fingerprint density at radius 3 is 2.59 bits per heavy atom. The van der Waals surface area contributed by atoms with E-state index in [1.54, 1.807) is 0 Å². The van der Waals surface area contributed by atoms with Crippen molar-refractivity contribution in [2.75, 3.05) is 19.7 Å². The molecule has 3 heteroatoms. The highest BCUT2D eigenvalue weighted by Crippen LogP contribution is 2.37. The first kappa shape index (κ1) is 13.3. The van der Waals surface area contributed by atoms with Crippen LogP contribution >= 0.6 is 0 Å². The summed E-state index contributed by atoms with van der Waals surface area (Å²) in [5, 5.41) is 0. The standard InChI is InChI=1S/C14H28N2O/c1-11(2)16(9-13-4-5-13)14(10-15)6-7-17-12(3)8-14/h11-13H,4-10,15H2,1-3H3. The molecule has 2 aliphatic rings. The molecule has 0 radical (unpaired) electrons. The van der Waals surface area contributed by atoms with Gasteiger partial charge in [0.05, 0.1) is 6.10 Å². The number of hydrogen-bond donors (Lipinski definition) is 1. The van der Waals surface area contributed by atoms with Crippen LogP contribution in [0.4, 0.5) is 0 Å². The highest BCUT2D eigenvalue weighted by Gasteiger charge is 2.42. The summed E-state index contributed by atoms with van der Waals surface area (Å²) in [4.78, 5) is 2.67. The Labute approximate surface area is 106 Å². The maximum absolute atomic E-state index is 6.14. The molecule has 0 aromatic heterocycles. The Kier molecular flexibility index (Phi) is 4.11. The molecule has 0 spiro atoms. The van der Waals surface area contributed by atoms with Gasteiger partial charge in [0.15, 0.2) is 0 Å². The van der Waals surface area contributed by atoms with Crippen LogP contribution in [0.25, 0.3) is 0 Å². The van der Waals surface area contributed by atoms with Crippen molar-refractivity contribution in [3.8, 4) is 0 Å². The summed E-state index contributed by atoms with van der Waals surface area (Å²) in [6.07, 6.45) is 5.37. The third-order valence-electron chi connectivity index (χ3n) is 4.40. The highest BCUT2D eigenvalue weighted by atomic mass is 16.5. The molecular formula is C14H28N2O. The molecule has 0 aromatic carbocycles. The van der Waals surface area contributed by atoms with Gasteiger partial charge < -0.3 is 10.5 Å². The van der Waals surface area contributed by atoms with Crippen LogP contribution in [-0.2, 0) is 4.74 Å². The number of ether oxygens (including phenoxy) is 1. The van der Waals surface area contributed by atoms with E-state index >= 15 is 0 Å². The fourth-order valence-electron chi connectivity index (χ4n) is 3.24. The summed E-state index contributed by atoms with van der Waals surface area (Å²) in [6, 6.07) is 0.587. The zero-order chi connectivity index (χ0) is 12.5. The van der Waals surface area contributed by atoms with Gasteiger partial charge in [0.2, 0.25) is 0 Å². The van der Waals surface area contributed by atoms with E-state index in [0.717, 1.165) is 31.9 Å². The minimum absolute atomic E-state index is 0.189. The molecule has 2 atom stereocenters. The van der Waals surface area contributed by atoms with E-state index in [0.29, 0.717) is 12.1 Å². The number of hydrogen-bond acceptors (Lipinski definition) is 3. The van der Waals surface area contributed by atoms with Crippen LogP contribution in [-0.4, -0.2) is 42.3 Å². The van der Waals surface area contributed by atoms with Crippen LogP contribution in [0.1, 0.15) is 46.5 Å². The average molecular weight is 240 g/mol. The number of nitrogens with two attached hydrogens (primary N) is 1. The van der Waals surface area contributed by atoms with E-state index in [1.807, 2.05) is 0 Å². The SMILES string of the molecule is CC1CC(CN)(N(CC2CC2)C(C)C)CCO1. The molecule has 0 aromatic rings. The monoisotopic (exact) mass is 240 g/mol. The maximum Gasteiger partial charge on any atom is 0.0565 e. The van der Waals surface area contributed by atoms with Crippen molar-refractivity contribution in [1.29, 1.82) is 0 Å². The van der Waals surface area contributed by atoms with Gasteiger partial charge in [-0.05, 0) is 52.4 Å². The van der Waals surface area contributed by atoms with Crippen LogP contribution in [0.2, 0.25) is 0 Å². The first-order chi connectivity index (χ1) is 8.07. The molecule has 1 saturated heterocycles. The van der Waals surface area contributed by atoms with Crippen molar-refractivity contribution in [3.05, 3.63) is 0 Å². The van der Waals surface area contributed by atoms with E-state index < -0.39 is 0 Å². The molecule has 0 bridgehead atoms. The van der Waals surface area contributed by atoms with Gasteiger partial charge in [0.1, 0.15) is 0 Å². The largest absolute Gasteiger partial charge is 0.378 e. The van der Waals surface area contributed by atoms with Crippen LogP contribution in [0.3, 0.4) is 0 Å². The zero-order valence-electron chi connectivity index (χ0n) is 11.6. The summed E-state index contributed by atoms with van der Waals surface area (Å²) in [7, 11) is 0. The molecule has 2 unspecified atom stereocenters. The molecule has 1 saturated carbocycles. The van der Waals surface area contributed by atoms with Crippen LogP contribution in [0, 0.1) is 5.92 Å². The van der Waals surface area contributed by atoms with Gasteiger partial charge >= 0.3 is 0 Å². The lowest BCUT2D eigenvalue weighted by molar-refractivity contribution is -0.0748. The van der Waals surface area contributed by atoms with Gasteiger partial charge in [-0.25, -0.2) is 0 Å². The van der Waals surface area contributed by atoms with E-state index in [9.17, 15) is 0 Å². The minimum Gasteiger partial charge on any atom is -0.378 e. The number of rotatable bonds is 5. The van der Waals surface area contributed by atoms with Gasteiger partial charge in [-0.2, -0.15) is 0 Å². The Bertz CT molecular complexity index is 253. The van der Waals surface area contributed by atoms with Gasteiger partial charge in [-0.3, -0.25) is 4.90 Å². The molecule has 3 nitrogen and oxygen atoms in total. The van der Waals surface area contributed by atoms with Gasteiger partial charge in [0, 0.05) is 31.3 Å². The van der Waals surface area contributed by atoms with Crippen LogP contribution < -0.4 is 5.73 Å². The summed E-state index contributed by atoms with van der Waals surface area (Å²) < 4.78 is 5.70. The summed E-state index contributed by atoms with van der Waals surface area (Å²) in [6.45, 7) is 9.67. The predicted octanol–water partition coefficient (Wildman–Crippen LogP) is 2.00. The molecule has 2 N–H and O–H groups in total. The molecular weight excluding hydrogens is 212 g/mol. The molecule has 1 aliphatic carbocycles. The van der Waals surface area contributed by atoms with Crippen molar-refractivity contribution < 1.29 is 4.74 Å². The Morgan fingerprint density at radius 1 is 1.41 bits per heavy atom. The minimum atomic E-state index is 0.189. The second-order valence-corrected chi connectivity index (χ2v) is 6.25. The van der Waals surface area contributed by atoms with Crippen molar-refractivity contribution in [2.24, 2.45) is 11.7 Å². The fraction of sp³-hybridized carbons (Fsp3) is 1.00. The normalized spacial score (nSPS) is 34.6. The lowest BCUT2D eigenvalue weighted by atomic mass is 9.84. The Balaban J connectivity index is 2.10. The maximum atomic E-state index is 6.14. The highest BCUT2D eigenvalue weighted by molar-refractivity contribution is 4.98. The predicted molar refractivity (Wildman–Crippen MR) is 71.0 cm³/mol. The van der Waals surface area contributed by atoms with E-state index in [2.05, 4.69) is 25.7 Å². The first-order valence-electron chi connectivity index (χ1n) is 7.16. The van der Waals surface area contributed by atoms with Crippen molar-refractivity contribution in [1.82, 2.24) is 4.90 Å². The smallest absolute Gasteiger partial charge is 0.0565 e. The Hall–Kier alpha value is -0.120. The summed E-state index contributed by atoms with van der Waals surface area (Å²) in [5.74, 6) is 0.930. The van der Waals surface area contributed by atoms with Gasteiger partial charge in [-0.1, -0.05) is 0 Å². The summed E-state index contributed by atoms with van der Waals surface area (Å²) >= 11 is 0. The van der Waals surface area contributed by atoms with Crippen LogP contribution in [0.15, 0.2) is 0 Å². The molecule has 0 amide bonds. The van der Waals surface area contributed by atoms with Crippen LogP contribution in [0.5, 0.6) is 0 Å². The van der Waals surface area contributed by atoms with E-state index in [-0.39, 0.29) is 5.54 Å². The molecule has 1 aliphatic heterocycles. The molecule has 2 fully saturated rings. The van der Waals surface area contributed by atoms with Crippen molar-refractivity contribution in [2.45, 2.75) is 64.1 Å². The Morgan fingerprint density at radius 2 is 2.12 bits per heavy atom. The zero-order valence-corrected chi connectivity index (χ0v) is 11.6. The fourth-order valence-corrected chi connectivity index (χ4v) is 3.24. The molecule has 1 heterocycles.